The van der Waals surface area contributed by atoms with Crippen molar-refractivity contribution in [2.45, 2.75) is 57.9 Å². The molecule has 2 nitrogen and oxygen atoms in total. The Balaban J connectivity index is 2.00. The Labute approximate surface area is 92.3 Å². The standard InChI is InChI=1S/C13H21NO/c1-2-5-13(15)10-12-8-7-11-6-3-4-9-14(11)12/h10-11H,2-9H2,1H3/b12-10-. The number of piperidine rings is 1. The Morgan fingerprint density at radius 2 is 2.33 bits per heavy atom. The summed E-state index contributed by atoms with van der Waals surface area (Å²) in [7, 11) is 0. The lowest BCUT2D eigenvalue weighted by Crippen LogP contribution is -2.33. The van der Waals surface area contributed by atoms with Crippen LogP contribution in [0.25, 0.3) is 0 Å². The lowest BCUT2D eigenvalue weighted by molar-refractivity contribution is -0.114. The van der Waals surface area contributed by atoms with E-state index in [1.807, 2.05) is 6.08 Å². The summed E-state index contributed by atoms with van der Waals surface area (Å²) in [6.07, 6.45) is 9.99. The number of ketones is 1. The maximum atomic E-state index is 11.6. The summed E-state index contributed by atoms with van der Waals surface area (Å²) < 4.78 is 0. The lowest BCUT2D eigenvalue weighted by Gasteiger charge is -2.32. The summed E-state index contributed by atoms with van der Waals surface area (Å²) >= 11 is 0. The Morgan fingerprint density at radius 1 is 1.47 bits per heavy atom. The van der Waals surface area contributed by atoms with Crippen LogP contribution in [-0.4, -0.2) is 23.3 Å². The van der Waals surface area contributed by atoms with Gasteiger partial charge in [-0.1, -0.05) is 6.92 Å². The fourth-order valence-corrected chi connectivity index (χ4v) is 2.80. The topological polar surface area (TPSA) is 20.3 Å². The molecule has 1 atom stereocenters. The zero-order chi connectivity index (χ0) is 10.7. The number of allylic oxidation sites excluding steroid dienone is 2. The third-order valence-corrected chi connectivity index (χ3v) is 3.55. The Bertz CT molecular complexity index is 270. The summed E-state index contributed by atoms with van der Waals surface area (Å²) in [6, 6.07) is 0.749. The van der Waals surface area contributed by atoms with Crippen molar-refractivity contribution in [3.05, 3.63) is 11.8 Å². The molecule has 2 heteroatoms. The van der Waals surface area contributed by atoms with Crippen LogP contribution in [0.5, 0.6) is 0 Å². The van der Waals surface area contributed by atoms with Crippen molar-refractivity contribution in [2.24, 2.45) is 0 Å². The van der Waals surface area contributed by atoms with E-state index < -0.39 is 0 Å². The first kappa shape index (κ1) is 10.7. The van der Waals surface area contributed by atoms with Gasteiger partial charge in [0.1, 0.15) is 0 Å². The Kier molecular flexibility index (Phi) is 3.45. The smallest absolute Gasteiger partial charge is 0.157 e. The molecule has 0 aromatic heterocycles. The van der Waals surface area contributed by atoms with Gasteiger partial charge in [0.15, 0.2) is 5.78 Å². The van der Waals surface area contributed by atoms with E-state index in [-0.39, 0.29) is 0 Å². The van der Waals surface area contributed by atoms with Gasteiger partial charge in [0.2, 0.25) is 0 Å². The van der Waals surface area contributed by atoms with Crippen molar-refractivity contribution in [1.29, 1.82) is 0 Å². The van der Waals surface area contributed by atoms with Crippen LogP contribution in [0.1, 0.15) is 51.9 Å². The average molecular weight is 207 g/mol. The molecule has 84 valence electrons. The van der Waals surface area contributed by atoms with Crippen molar-refractivity contribution in [1.82, 2.24) is 4.90 Å². The Hall–Kier alpha value is -0.790. The van der Waals surface area contributed by atoms with Gasteiger partial charge in [-0.3, -0.25) is 4.79 Å². The number of nitrogens with zero attached hydrogens (tertiary/aromatic N) is 1. The van der Waals surface area contributed by atoms with Crippen LogP contribution < -0.4 is 0 Å². The molecule has 2 rings (SSSR count). The second-order valence-corrected chi connectivity index (χ2v) is 4.73. The first-order valence-electron chi connectivity index (χ1n) is 6.31. The first-order chi connectivity index (χ1) is 7.31. The molecule has 0 aliphatic carbocycles. The van der Waals surface area contributed by atoms with E-state index in [0.717, 1.165) is 18.9 Å². The highest BCUT2D eigenvalue weighted by molar-refractivity contribution is 5.90. The number of carbonyl (C=O) groups excluding carboxylic acids is 1. The summed E-state index contributed by atoms with van der Waals surface area (Å²) in [6.45, 7) is 3.24. The number of fused-ring (bicyclic) bond motifs is 1. The van der Waals surface area contributed by atoms with Crippen LogP contribution in [0.15, 0.2) is 11.8 Å². The molecule has 2 aliphatic heterocycles. The van der Waals surface area contributed by atoms with E-state index in [2.05, 4.69) is 11.8 Å². The van der Waals surface area contributed by atoms with Gasteiger partial charge >= 0.3 is 0 Å². The average Bonchev–Trinajstić information content (AvgIpc) is 2.62. The minimum atomic E-state index is 0.318. The van der Waals surface area contributed by atoms with Gasteiger partial charge in [-0.15, -0.1) is 0 Å². The quantitative estimate of drug-likeness (QED) is 0.663. The molecule has 2 aliphatic rings. The van der Waals surface area contributed by atoms with Gasteiger partial charge in [-0.25, -0.2) is 0 Å². The van der Waals surface area contributed by atoms with E-state index in [9.17, 15) is 4.79 Å². The number of hydrogen-bond acceptors (Lipinski definition) is 2. The first-order valence-corrected chi connectivity index (χ1v) is 6.31. The normalized spacial score (nSPS) is 28.2. The fraction of sp³-hybridized carbons (Fsp3) is 0.769. The largest absolute Gasteiger partial charge is 0.372 e. The van der Waals surface area contributed by atoms with Gasteiger partial charge in [0.05, 0.1) is 0 Å². The van der Waals surface area contributed by atoms with Crippen LogP contribution in [0, 0.1) is 0 Å². The summed E-state index contributed by atoms with van der Waals surface area (Å²) in [5.74, 6) is 0.318. The highest BCUT2D eigenvalue weighted by Gasteiger charge is 2.29. The predicted molar refractivity (Wildman–Crippen MR) is 61.6 cm³/mol. The van der Waals surface area contributed by atoms with E-state index in [1.54, 1.807) is 0 Å². The molecular formula is C13H21NO. The molecule has 0 saturated carbocycles. The zero-order valence-corrected chi connectivity index (χ0v) is 9.67. The van der Waals surface area contributed by atoms with E-state index >= 15 is 0 Å². The second-order valence-electron chi connectivity index (χ2n) is 4.73. The number of rotatable bonds is 3. The zero-order valence-electron chi connectivity index (χ0n) is 9.67. The summed E-state index contributed by atoms with van der Waals surface area (Å²) in [4.78, 5) is 14.1. The van der Waals surface area contributed by atoms with Crippen LogP contribution in [-0.2, 0) is 4.79 Å². The summed E-state index contributed by atoms with van der Waals surface area (Å²) in [5, 5.41) is 0. The monoisotopic (exact) mass is 207 g/mol. The third kappa shape index (κ3) is 2.42. The van der Waals surface area contributed by atoms with E-state index in [1.165, 1.54) is 37.9 Å². The van der Waals surface area contributed by atoms with E-state index in [4.69, 9.17) is 0 Å². The third-order valence-electron chi connectivity index (χ3n) is 3.55. The van der Waals surface area contributed by atoms with E-state index in [0.29, 0.717) is 12.2 Å². The molecule has 0 aromatic carbocycles. The molecule has 15 heavy (non-hydrogen) atoms. The molecule has 0 amide bonds. The second kappa shape index (κ2) is 4.82. The highest BCUT2D eigenvalue weighted by atomic mass is 16.1. The SMILES string of the molecule is CCCC(=O)/C=C1/CCC2CCCCN12. The van der Waals surface area contributed by atoms with Crippen LogP contribution >= 0.6 is 0 Å². The number of hydrogen-bond donors (Lipinski definition) is 0. The van der Waals surface area contributed by atoms with Gasteiger partial charge < -0.3 is 4.90 Å². The van der Waals surface area contributed by atoms with Gasteiger partial charge in [0, 0.05) is 30.8 Å². The maximum Gasteiger partial charge on any atom is 0.157 e. The molecule has 0 bridgehead atoms. The maximum absolute atomic E-state index is 11.6. The van der Waals surface area contributed by atoms with Crippen LogP contribution in [0.3, 0.4) is 0 Å². The van der Waals surface area contributed by atoms with Crippen LogP contribution in [0.2, 0.25) is 0 Å². The molecule has 2 saturated heterocycles. The molecule has 1 unspecified atom stereocenters. The molecule has 0 spiro atoms. The molecule has 0 aromatic rings. The fourth-order valence-electron chi connectivity index (χ4n) is 2.80. The summed E-state index contributed by atoms with van der Waals surface area (Å²) in [5.41, 5.74) is 1.32. The van der Waals surface area contributed by atoms with Gasteiger partial charge in [0.25, 0.3) is 0 Å². The highest BCUT2D eigenvalue weighted by Crippen LogP contribution is 2.33. The Morgan fingerprint density at radius 3 is 3.13 bits per heavy atom. The van der Waals surface area contributed by atoms with Gasteiger partial charge in [-0.2, -0.15) is 0 Å². The molecule has 0 N–H and O–H groups in total. The van der Waals surface area contributed by atoms with Crippen molar-refractivity contribution < 1.29 is 4.79 Å². The van der Waals surface area contributed by atoms with Gasteiger partial charge in [-0.05, 0) is 38.5 Å². The molecular weight excluding hydrogens is 186 g/mol. The minimum absolute atomic E-state index is 0.318. The lowest BCUT2D eigenvalue weighted by atomic mass is 10.0. The van der Waals surface area contributed by atoms with Crippen molar-refractivity contribution in [3.8, 4) is 0 Å². The molecule has 0 radical (unpaired) electrons. The van der Waals surface area contributed by atoms with Crippen molar-refractivity contribution in [3.63, 3.8) is 0 Å². The number of carbonyl (C=O) groups is 1. The minimum Gasteiger partial charge on any atom is -0.372 e. The predicted octanol–water partition coefficient (Wildman–Crippen LogP) is 2.89. The molecule has 2 heterocycles. The van der Waals surface area contributed by atoms with Crippen molar-refractivity contribution in [2.75, 3.05) is 6.54 Å². The molecule has 2 fully saturated rings. The van der Waals surface area contributed by atoms with Crippen LogP contribution in [0.4, 0.5) is 0 Å². The van der Waals surface area contributed by atoms with Crippen molar-refractivity contribution >= 4 is 5.78 Å².